The van der Waals surface area contributed by atoms with Crippen molar-refractivity contribution in [2.24, 2.45) is 0 Å². The first-order valence-corrected chi connectivity index (χ1v) is 9.34. The summed E-state index contributed by atoms with van der Waals surface area (Å²) in [7, 11) is -3.51. The lowest BCUT2D eigenvalue weighted by Gasteiger charge is -2.26. The molecule has 1 aromatic rings. The van der Waals surface area contributed by atoms with Crippen LogP contribution < -0.4 is 4.72 Å². The van der Waals surface area contributed by atoms with Crippen molar-refractivity contribution in [3.8, 4) is 0 Å². The number of amides is 1. The summed E-state index contributed by atoms with van der Waals surface area (Å²) in [6, 6.07) is 6.09. The molecule has 6 heteroatoms. The van der Waals surface area contributed by atoms with E-state index in [9.17, 15) is 13.2 Å². The number of hydrogen-bond donors (Lipinski definition) is 1. The van der Waals surface area contributed by atoms with Gasteiger partial charge in [-0.15, -0.1) is 0 Å². The molecule has 22 heavy (non-hydrogen) atoms. The fourth-order valence-electron chi connectivity index (χ4n) is 2.47. The van der Waals surface area contributed by atoms with E-state index in [1.165, 1.54) is 18.6 Å². The van der Waals surface area contributed by atoms with E-state index in [1.807, 2.05) is 18.7 Å². The van der Waals surface area contributed by atoms with E-state index in [4.69, 9.17) is 0 Å². The second-order valence-electron chi connectivity index (χ2n) is 5.81. The van der Waals surface area contributed by atoms with E-state index in [0.29, 0.717) is 5.56 Å². The minimum absolute atomic E-state index is 0.0152. The second kappa shape index (κ2) is 7.24. The molecule has 0 aromatic heterocycles. The number of hydrogen-bond acceptors (Lipinski definition) is 3. The summed E-state index contributed by atoms with van der Waals surface area (Å²) in [6.07, 6.45) is 3.97. The highest BCUT2D eigenvalue weighted by molar-refractivity contribution is 7.89. The predicted molar refractivity (Wildman–Crippen MR) is 86.3 cm³/mol. The van der Waals surface area contributed by atoms with Crippen LogP contribution in [0.3, 0.4) is 0 Å². The molecule has 1 saturated heterocycles. The Bertz CT molecular complexity index is 605. The summed E-state index contributed by atoms with van der Waals surface area (Å²) in [5.41, 5.74) is 0.546. The highest BCUT2D eigenvalue weighted by Crippen LogP contribution is 2.16. The molecule has 1 unspecified atom stereocenters. The molecule has 1 atom stereocenters. The minimum Gasteiger partial charge on any atom is -0.339 e. The molecule has 1 aromatic carbocycles. The van der Waals surface area contributed by atoms with Gasteiger partial charge in [0.2, 0.25) is 10.0 Å². The molecule has 2 rings (SSSR count). The van der Waals surface area contributed by atoms with E-state index in [0.717, 1.165) is 32.4 Å². The van der Waals surface area contributed by atoms with Gasteiger partial charge in [0, 0.05) is 24.7 Å². The average Bonchev–Trinajstić information content (AvgIpc) is 2.54. The maximum atomic E-state index is 12.3. The summed E-state index contributed by atoms with van der Waals surface area (Å²) in [5.74, 6) is -0.0152. The normalized spacial score (nSPS) is 17.3. The molecule has 1 N–H and O–H groups in total. The molecule has 1 aliphatic heterocycles. The fraction of sp³-hybridized carbons (Fsp3) is 0.562. The third-order valence-electron chi connectivity index (χ3n) is 4.02. The standard InChI is InChI=1S/C16H24N2O3S/c1-3-13(2)17-22(20,21)15-9-7-14(8-10-15)16(19)18-11-5-4-6-12-18/h7-10,13,17H,3-6,11-12H2,1-2H3. The van der Waals surface area contributed by atoms with Crippen LogP contribution in [0.1, 0.15) is 49.9 Å². The number of benzene rings is 1. The molecule has 0 spiro atoms. The number of nitrogens with zero attached hydrogens (tertiary/aromatic N) is 1. The van der Waals surface area contributed by atoms with Crippen LogP contribution in [0, 0.1) is 0 Å². The van der Waals surface area contributed by atoms with Gasteiger partial charge in [0.25, 0.3) is 5.91 Å². The Morgan fingerprint density at radius 1 is 1.18 bits per heavy atom. The fourth-order valence-corrected chi connectivity index (χ4v) is 3.80. The summed E-state index contributed by atoms with van der Waals surface area (Å²) in [6.45, 7) is 5.32. The maximum absolute atomic E-state index is 12.3. The first kappa shape index (κ1) is 17.0. The summed E-state index contributed by atoms with van der Waals surface area (Å²) >= 11 is 0. The third-order valence-corrected chi connectivity index (χ3v) is 5.63. The van der Waals surface area contributed by atoms with Gasteiger partial charge >= 0.3 is 0 Å². The van der Waals surface area contributed by atoms with Crippen LogP contribution in [0.5, 0.6) is 0 Å². The van der Waals surface area contributed by atoms with Crippen molar-refractivity contribution in [2.45, 2.75) is 50.5 Å². The lowest BCUT2D eigenvalue weighted by atomic mass is 10.1. The van der Waals surface area contributed by atoms with Gasteiger partial charge in [-0.1, -0.05) is 6.92 Å². The molecule has 1 aliphatic rings. The molecule has 122 valence electrons. The zero-order valence-corrected chi connectivity index (χ0v) is 14.0. The zero-order valence-electron chi connectivity index (χ0n) is 13.2. The smallest absolute Gasteiger partial charge is 0.253 e. The number of carbonyl (C=O) groups excluding carboxylic acids is 1. The van der Waals surface area contributed by atoms with Gasteiger partial charge in [-0.2, -0.15) is 0 Å². The van der Waals surface area contributed by atoms with E-state index in [2.05, 4.69) is 4.72 Å². The topological polar surface area (TPSA) is 66.5 Å². The first-order valence-electron chi connectivity index (χ1n) is 7.85. The Hall–Kier alpha value is -1.40. The van der Waals surface area contributed by atoms with Crippen molar-refractivity contribution in [3.63, 3.8) is 0 Å². The van der Waals surface area contributed by atoms with Gasteiger partial charge in [0.15, 0.2) is 0 Å². The first-order chi connectivity index (χ1) is 10.4. The van der Waals surface area contributed by atoms with E-state index >= 15 is 0 Å². The largest absolute Gasteiger partial charge is 0.339 e. The summed E-state index contributed by atoms with van der Waals surface area (Å²) < 4.78 is 27.0. The number of rotatable bonds is 5. The van der Waals surface area contributed by atoms with E-state index in [-0.39, 0.29) is 16.8 Å². The summed E-state index contributed by atoms with van der Waals surface area (Å²) in [4.78, 5) is 14.4. The zero-order chi connectivity index (χ0) is 16.2. The van der Waals surface area contributed by atoms with Crippen LogP contribution in [0.25, 0.3) is 0 Å². The highest BCUT2D eigenvalue weighted by atomic mass is 32.2. The summed E-state index contributed by atoms with van der Waals surface area (Å²) in [5, 5.41) is 0. The van der Waals surface area contributed by atoms with Crippen molar-refractivity contribution in [1.29, 1.82) is 0 Å². The monoisotopic (exact) mass is 324 g/mol. The van der Waals surface area contributed by atoms with Crippen molar-refractivity contribution in [2.75, 3.05) is 13.1 Å². The van der Waals surface area contributed by atoms with E-state index in [1.54, 1.807) is 12.1 Å². The van der Waals surface area contributed by atoms with Gasteiger partial charge in [0.05, 0.1) is 4.90 Å². The number of likely N-dealkylation sites (tertiary alicyclic amines) is 1. The lowest BCUT2D eigenvalue weighted by molar-refractivity contribution is 0.0724. The van der Waals surface area contributed by atoms with Crippen molar-refractivity contribution in [3.05, 3.63) is 29.8 Å². The van der Waals surface area contributed by atoms with Crippen LogP contribution in [0.4, 0.5) is 0 Å². The lowest BCUT2D eigenvalue weighted by Crippen LogP contribution is -2.35. The van der Waals surface area contributed by atoms with Gasteiger partial charge < -0.3 is 4.90 Å². The average molecular weight is 324 g/mol. The van der Waals surface area contributed by atoms with Crippen molar-refractivity contribution < 1.29 is 13.2 Å². The SMILES string of the molecule is CCC(C)NS(=O)(=O)c1ccc(C(=O)N2CCCCC2)cc1. The molecule has 1 amide bonds. The number of sulfonamides is 1. The Kier molecular flexibility index (Phi) is 5.58. The molecular weight excluding hydrogens is 300 g/mol. The van der Waals surface area contributed by atoms with Crippen LogP contribution in [-0.2, 0) is 10.0 Å². The van der Waals surface area contributed by atoms with Crippen LogP contribution in [0.15, 0.2) is 29.2 Å². The van der Waals surface area contributed by atoms with Crippen molar-refractivity contribution >= 4 is 15.9 Å². The molecule has 0 radical (unpaired) electrons. The van der Waals surface area contributed by atoms with Gasteiger partial charge in [0.1, 0.15) is 0 Å². The maximum Gasteiger partial charge on any atom is 0.253 e. The molecule has 0 aliphatic carbocycles. The Morgan fingerprint density at radius 2 is 1.77 bits per heavy atom. The minimum atomic E-state index is -3.51. The molecule has 1 fully saturated rings. The van der Waals surface area contributed by atoms with Gasteiger partial charge in [-0.05, 0) is 56.9 Å². The Balaban J connectivity index is 2.11. The predicted octanol–water partition coefficient (Wildman–Crippen LogP) is 2.39. The molecule has 0 saturated carbocycles. The molecule has 1 heterocycles. The van der Waals surface area contributed by atoms with Crippen LogP contribution in [-0.4, -0.2) is 38.4 Å². The van der Waals surface area contributed by atoms with Crippen LogP contribution >= 0.6 is 0 Å². The Morgan fingerprint density at radius 3 is 2.32 bits per heavy atom. The molecule has 0 bridgehead atoms. The van der Waals surface area contributed by atoms with Gasteiger partial charge in [-0.25, -0.2) is 13.1 Å². The number of piperidine rings is 1. The van der Waals surface area contributed by atoms with E-state index < -0.39 is 10.0 Å². The van der Waals surface area contributed by atoms with Crippen molar-refractivity contribution in [1.82, 2.24) is 9.62 Å². The molecule has 5 nitrogen and oxygen atoms in total. The third kappa shape index (κ3) is 4.08. The number of nitrogens with one attached hydrogen (secondary N) is 1. The number of carbonyl (C=O) groups is 1. The van der Waals surface area contributed by atoms with Crippen LogP contribution in [0.2, 0.25) is 0 Å². The second-order valence-corrected chi connectivity index (χ2v) is 7.52. The van der Waals surface area contributed by atoms with Gasteiger partial charge in [-0.3, -0.25) is 4.79 Å². The Labute approximate surface area is 132 Å². The molecular formula is C16H24N2O3S. The highest BCUT2D eigenvalue weighted by Gasteiger charge is 2.20. The quantitative estimate of drug-likeness (QED) is 0.904.